The van der Waals surface area contributed by atoms with Crippen molar-refractivity contribution in [2.45, 2.75) is 0 Å². The number of carbonyl (C=O) groups excluding carboxylic acids is 1. The lowest BCUT2D eigenvalue weighted by atomic mass is 10.2. The van der Waals surface area contributed by atoms with Crippen LogP contribution in [0.3, 0.4) is 0 Å². The van der Waals surface area contributed by atoms with Gasteiger partial charge in [-0.3, -0.25) is 0 Å². The number of rotatable bonds is 7. The molecule has 0 aliphatic heterocycles. The lowest BCUT2D eigenvalue weighted by Crippen LogP contribution is -2.10. The second kappa shape index (κ2) is 9.36. The van der Waals surface area contributed by atoms with Crippen LogP contribution in [0.25, 0.3) is 0 Å². The van der Waals surface area contributed by atoms with Crippen molar-refractivity contribution < 1.29 is 9.53 Å². The number of nitrogens with one attached hydrogen (secondary N) is 3. The summed E-state index contributed by atoms with van der Waals surface area (Å²) >= 11 is 0. The molecule has 0 atom stereocenters. The topological polar surface area (TPSA) is 101 Å². The molecular weight excluding hydrogens is 392 g/mol. The van der Waals surface area contributed by atoms with Crippen molar-refractivity contribution >= 4 is 40.9 Å². The highest BCUT2D eigenvalue weighted by Crippen LogP contribution is 2.23. The maximum atomic E-state index is 12.1. The first-order valence-corrected chi connectivity index (χ1v) is 9.56. The monoisotopic (exact) mass is 412 g/mol. The van der Waals surface area contributed by atoms with Gasteiger partial charge in [-0.1, -0.05) is 48.5 Å². The number of ether oxygens (including phenoxy) is 1. The summed E-state index contributed by atoms with van der Waals surface area (Å²) < 4.78 is 4.86. The van der Waals surface area contributed by atoms with Gasteiger partial charge in [-0.25, -0.2) is 4.79 Å². The highest BCUT2D eigenvalue weighted by Gasteiger charge is 2.14. The van der Waals surface area contributed by atoms with Crippen molar-refractivity contribution in [2.75, 3.05) is 23.1 Å². The van der Waals surface area contributed by atoms with Crippen LogP contribution in [0, 0.1) is 0 Å². The number of methoxy groups -OCH3 is 1. The predicted molar refractivity (Wildman–Crippen MR) is 120 cm³/mol. The maximum Gasteiger partial charge on any atom is 0.339 e. The van der Waals surface area contributed by atoms with Gasteiger partial charge in [0.2, 0.25) is 17.8 Å². The van der Waals surface area contributed by atoms with Gasteiger partial charge in [0, 0.05) is 11.4 Å². The van der Waals surface area contributed by atoms with E-state index >= 15 is 0 Å². The SMILES string of the molecule is COC(=O)c1ccccc1Nc1nc(Nc2ccccc2)nc(Nc2ccccc2)n1. The third-order valence-corrected chi connectivity index (χ3v) is 4.27. The van der Waals surface area contributed by atoms with Gasteiger partial charge in [-0.15, -0.1) is 0 Å². The number of hydrogen-bond donors (Lipinski definition) is 3. The van der Waals surface area contributed by atoms with Gasteiger partial charge in [0.1, 0.15) is 0 Å². The third kappa shape index (κ3) is 5.13. The summed E-state index contributed by atoms with van der Waals surface area (Å²) in [6.45, 7) is 0. The van der Waals surface area contributed by atoms with Crippen molar-refractivity contribution in [3.63, 3.8) is 0 Å². The van der Waals surface area contributed by atoms with E-state index in [4.69, 9.17) is 4.74 Å². The Morgan fingerprint density at radius 2 is 1.10 bits per heavy atom. The van der Waals surface area contributed by atoms with Crippen LogP contribution >= 0.6 is 0 Å². The van der Waals surface area contributed by atoms with E-state index in [1.54, 1.807) is 18.2 Å². The van der Waals surface area contributed by atoms with E-state index in [0.717, 1.165) is 11.4 Å². The quantitative estimate of drug-likeness (QED) is 0.369. The summed E-state index contributed by atoms with van der Waals surface area (Å²) in [5, 5.41) is 9.44. The van der Waals surface area contributed by atoms with Gasteiger partial charge < -0.3 is 20.7 Å². The molecular formula is C23H20N6O2. The second-order valence-corrected chi connectivity index (χ2v) is 6.45. The van der Waals surface area contributed by atoms with Gasteiger partial charge in [0.25, 0.3) is 0 Å². The molecule has 8 nitrogen and oxygen atoms in total. The first-order chi connectivity index (χ1) is 15.2. The molecule has 154 valence electrons. The summed E-state index contributed by atoms with van der Waals surface area (Å²) in [5.41, 5.74) is 2.57. The number of esters is 1. The highest BCUT2D eigenvalue weighted by molar-refractivity contribution is 5.96. The fourth-order valence-corrected chi connectivity index (χ4v) is 2.85. The molecule has 0 aliphatic carbocycles. The summed E-state index contributed by atoms with van der Waals surface area (Å²) in [6.07, 6.45) is 0. The Kier molecular flexibility index (Phi) is 5.99. The van der Waals surface area contributed by atoms with Crippen LogP contribution < -0.4 is 16.0 Å². The maximum absolute atomic E-state index is 12.1. The van der Waals surface area contributed by atoms with Crippen LogP contribution in [0.4, 0.5) is 34.9 Å². The molecule has 31 heavy (non-hydrogen) atoms. The standard InChI is InChI=1S/C23H20N6O2/c1-31-20(30)18-14-8-9-15-19(18)26-23-28-21(24-16-10-4-2-5-11-16)27-22(29-23)25-17-12-6-3-7-13-17/h2-15H,1H3,(H3,24,25,26,27,28,29). The fourth-order valence-electron chi connectivity index (χ4n) is 2.85. The number of benzene rings is 3. The molecule has 0 aliphatic rings. The molecule has 4 rings (SSSR count). The van der Waals surface area contributed by atoms with Gasteiger partial charge in [-0.05, 0) is 36.4 Å². The molecule has 3 aromatic carbocycles. The predicted octanol–water partition coefficient (Wildman–Crippen LogP) is 4.89. The normalized spacial score (nSPS) is 10.2. The Bertz CT molecular complexity index is 1110. The van der Waals surface area contributed by atoms with Crippen molar-refractivity contribution in [3.8, 4) is 0 Å². The van der Waals surface area contributed by atoms with Gasteiger partial charge in [0.05, 0.1) is 18.4 Å². The highest BCUT2D eigenvalue weighted by atomic mass is 16.5. The Balaban J connectivity index is 1.68. The lowest BCUT2D eigenvalue weighted by molar-refractivity contribution is 0.0602. The van der Waals surface area contributed by atoms with Crippen molar-refractivity contribution in [1.82, 2.24) is 15.0 Å². The lowest BCUT2D eigenvalue weighted by Gasteiger charge is -2.13. The molecule has 0 saturated heterocycles. The minimum Gasteiger partial charge on any atom is -0.465 e. The number of anilines is 6. The summed E-state index contributed by atoms with van der Waals surface area (Å²) in [5.74, 6) is 0.501. The molecule has 0 spiro atoms. The number of aromatic nitrogens is 3. The summed E-state index contributed by atoms with van der Waals surface area (Å²) in [6, 6.07) is 26.1. The summed E-state index contributed by atoms with van der Waals surface area (Å²) in [7, 11) is 1.34. The van der Waals surface area contributed by atoms with Crippen LogP contribution in [0.5, 0.6) is 0 Å². The van der Waals surface area contributed by atoms with Crippen molar-refractivity contribution in [1.29, 1.82) is 0 Å². The van der Waals surface area contributed by atoms with Crippen LogP contribution in [0.15, 0.2) is 84.9 Å². The number of nitrogens with zero attached hydrogens (tertiary/aromatic N) is 3. The number of para-hydroxylation sites is 3. The second-order valence-electron chi connectivity index (χ2n) is 6.45. The zero-order chi connectivity index (χ0) is 21.5. The number of hydrogen-bond acceptors (Lipinski definition) is 8. The molecule has 0 bridgehead atoms. The van der Waals surface area contributed by atoms with E-state index < -0.39 is 5.97 Å². The Labute approximate surface area is 179 Å². The fraction of sp³-hybridized carbons (Fsp3) is 0.0435. The van der Waals surface area contributed by atoms with E-state index in [1.807, 2.05) is 66.7 Å². The zero-order valence-electron chi connectivity index (χ0n) is 16.7. The van der Waals surface area contributed by atoms with Gasteiger partial charge >= 0.3 is 5.97 Å². The Morgan fingerprint density at radius 1 is 0.645 bits per heavy atom. The van der Waals surface area contributed by atoms with Crippen LogP contribution in [0.2, 0.25) is 0 Å². The molecule has 0 unspecified atom stereocenters. The van der Waals surface area contributed by atoms with E-state index in [1.165, 1.54) is 7.11 Å². The first-order valence-electron chi connectivity index (χ1n) is 9.56. The summed E-state index contributed by atoms with van der Waals surface area (Å²) in [4.78, 5) is 25.5. The van der Waals surface area contributed by atoms with E-state index in [2.05, 4.69) is 30.9 Å². The van der Waals surface area contributed by atoms with Crippen LogP contribution in [0.1, 0.15) is 10.4 Å². The Hall–Kier alpha value is -4.46. The molecule has 0 fully saturated rings. The van der Waals surface area contributed by atoms with Gasteiger partial charge in [-0.2, -0.15) is 15.0 Å². The molecule has 8 heteroatoms. The molecule has 0 amide bonds. The van der Waals surface area contributed by atoms with Crippen molar-refractivity contribution in [3.05, 3.63) is 90.5 Å². The molecule has 3 N–H and O–H groups in total. The minimum atomic E-state index is -0.456. The van der Waals surface area contributed by atoms with E-state index in [9.17, 15) is 4.79 Å². The zero-order valence-corrected chi connectivity index (χ0v) is 16.7. The van der Waals surface area contributed by atoms with Crippen LogP contribution in [-0.4, -0.2) is 28.0 Å². The van der Waals surface area contributed by atoms with E-state index in [0.29, 0.717) is 23.1 Å². The largest absolute Gasteiger partial charge is 0.465 e. The Morgan fingerprint density at radius 3 is 1.61 bits per heavy atom. The van der Waals surface area contributed by atoms with Crippen LogP contribution in [-0.2, 0) is 4.74 Å². The molecule has 0 radical (unpaired) electrons. The smallest absolute Gasteiger partial charge is 0.339 e. The molecule has 4 aromatic rings. The third-order valence-electron chi connectivity index (χ3n) is 4.27. The van der Waals surface area contributed by atoms with Gasteiger partial charge in [0.15, 0.2) is 0 Å². The average molecular weight is 412 g/mol. The molecule has 1 aromatic heterocycles. The molecule has 1 heterocycles. The average Bonchev–Trinajstić information content (AvgIpc) is 2.80. The van der Waals surface area contributed by atoms with E-state index in [-0.39, 0.29) is 5.95 Å². The molecule has 0 saturated carbocycles. The first kappa shape index (κ1) is 19.8. The minimum absolute atomic E-state index is 0.267. The number of carbonyl (C=O) groups is 1. The van der Waals surface area contributed by atoms with Crippen molar-refractivity contribution in [2.24, 2.45) is 0 Å².